The number of imidazole rings is 1. The van der Waals surface area contributed by atoms with Gasteiger partial charge in [-0.3, -0.25) is 9.55 Å². The van der Waals surface area contributed by atoms with E-state index in [9.17, 15) is 5.11 Å². The Morgan fingerprint density at radius 2 is 1.12 bits per heavy atom. The van der Waals surface area contributed by atoms with Crippen molar-refractivity contribution in [2.45, 2.75) is 84.8 Å². The van der Waals surface area contributed by atoms with E-state index >= 15 is 0 Å². The lowest BCUT2D eigenvalue weighted by Crippen LogP contribution is -2.17. The van der Waals surface area contributed by atoms with Gasteiger partial charge < -0.3 is 5.11 Å². The van der Waals surface area contributed by atoms with E-state index in [4.69, 9.17) is 51.1 Å². The fraction of sp³-hybridized carbons (Fsp3) is 0.213. The van der Waals surface area contributed by atoms with Crippen molar-refractivity contribution in [2.24, 2.45) is 0 Å². The minimum atomic E-state index is -4.35. The van der Waals surface area contributed by atoms with Gasteiger partial charge in [0.05, 0.1) is 28.0 Å². The molecule has 65 heavy (non-hydrogen) atoms. The van der Waals surface area contributed by atoms with Gasteiger partial charge in [-0.2, -0.15) is 0 Å². The highest BCUT2D eigenvalue weighted by molar-refractivity contribution is 5.98. The van der Waals surface area contributed by atoms with E-state index < -0.39 is 119 Å². The third kappa shape index (κ3) is 8.54. The number of aromatic hydroxyl groups is 1. The molecule has 9 rings (SSSR count). The van der Waals surface area contributed by atoms with Crippen molar-refractivity contribution >= 4 is 11.0 Å². The van der Waals surface area contributed by atoms with Gasteiger partial charge in [0, 0.05) is 69.6 Å². The number of nitrogens with zero attached hydrogens (tertiary/aromatic N) is 3. The Kier molecular flexibility index (Phi) is 5.19. The van der Waals surface area contributed by atoms with Crippen LogP contribution in [0.5, 0.6) is 5.75 Å². The molecular weight excluding hydrogens is 791 g/mol. The molecule has 0 saturated heterocycles. The van der Waals surface area contributed by atoms with E-state index in [-0.39, 0.29) is 45.0 Å². The highest BCUT2D eigenvalue weighted by atomic mass is 16.3. The molecule has 0 aliphatic carbocycles. The molecule has 0 aliphatic heterocycles. The van der Waals surface area contributed by atoms with Gasteiger partial charge in [0.2, 0.25) is 0 Å². The van der Waals surface area contributed by atoms with Crippen molar-refractivity contribution in [2.75, 3.05) is 0 Å². The van der Waals surface area contributed by atoms with E-state index in [1.54, 1.807) is 66.7 Å². The minimum Gasteiger partial charge on any atom is -0.507 e. The molecule has 0 amide bonds. The molecule has 7 aromatic carbocycles. The van der Waals surface area contributed by atoms with Crippen LogP contribution in [0.4, 0.5) is 0 Å². The molecule has 0 unspecified atom stereocenters. The van der Waals surface area contributed by atoms with Crippen LogP contribution in [0.1, 0.15) is 125 Å². The summed E-state index contributed by atoms with van der Waals surface area (Å²) in [6.07, 6.45) is 1.54. The number of phenols is 1. The number of benzene rings is 7. The predicted molar refractivity (Wildman–Crippen MR) is 274 cm³/mol. The van der Waals surface area contributed by atoms with Crippen molar-refractivity contribution < 1.29 is 46.2 Å². The van der Waals surface area contributed by atoms with E-state index in [0.717, 1.165) is 22.8 Å². The first-order valence-corrected chi connectivity index (χ1v) is 20.3. The Hall–Kier alpha value is -7.04. The molecular formula is C61H59N3O. The topological polar surface area (TPSA) is 50.9 Å². The molecule has 0 spiro atoms. The molecule has 0 atom stereocenters. The lowest BCUT2D eigenvalue weighted by Gasteiger charge is -2.28. The maximum absolute atomic E-state index is 13.2. The molecule has 4 heteroatoms. The van der Waals surface area contributed by atoms with Crippen LogP contribution in [0.3, 0.4) is 0 Å². The summed E-state index contributed by atoms with van der Waals surface area (Å²) in [5.74, 6) is -2.39. The first-order valence-electron chi connectivity index (χ1n) is 35.3. The zero-order valence-corrected chi connectivity index (χ0v) is 34.5. The number of phenolic OH excluding ortho intramolecular Hbond substituents is 1. The third-order valence-corrected chi connectivity index (χ3v) is 11.3. The Labute approximate surface area is 427 Å². The highest BCUT2D eigenvalue weighted by Crippen LogP contribution is 2.46. The molecule has 0 saturated carbocycles. The average molecular weight is 880 g/mol. The van der Waals surface area contributed by atoms with E-state index in [2.05, 4.69) is 0 Å². The first kappa shape index (κ1) is 20.4. The summed E-state index contributed by atoms with van der Waals surface area (Å²) >= 11 is 0. The van der Waals surface area contributed by atoms with Gasteiger partial charge in [0.25, 0.3) is 0 Å². The molecule has 2 heterocycles. The number of aromatic nitrogens is 3. The SMILES string of the molecule is [2H]C([2H])([2H])c1ccc(-c2ccnc(-c3cc(-c4ccccc4)cc(-c4cccc5c4nc(-c4cc(C(C([2H])([2H])[2H])(C([2H])([2H])[2H])C([2H])([2H])[2H])cc(C(C([2H])([2H])[2H])(C([2H])([2H])[2H])C([2H])([2H])[2H])c4O)n5-c4ccc(C(C([2H])([2H])[2H])(C([2H])([2H])[2H])C([2H])([2H])[2H])cc4-c4ccccc4)c3)c2)cc1. The van der Waals surface area contributed by atoms with Gasteiger partial charge in [-0.15, -0.1) is 0 Å². The van der Waals surface area contributed by atoms with Crippen molar-refractivity contribution in [3.8, 4) is 78.6 Å². The van der Waals surface area contributed by atoms with Crippen LogP contribution >= 0.6 is 0 Å². The average Bonchev–Trinajstić information content (AvgIpc) is 1.07. The minimum absolute atomic E-state index is 0.0862. The smallest absolute Gasteiger partial charge is 0.149 e. The zero-order chi connectivity index (χ0) is 70.8. The summed E-state index contributed by atoms with van der Waals surface area (Å²) < 4.78 is 261. The predicted octanol–water partition coefficient (Wildman–Crippen LogP) is 16.3. The number of fused-ring (bicyclic) bond motifs is 1. The van der Waals surface area contributed by atoms with Crippen LogP contribution in [0, 0.1) is 6.85 Å². The maximum Gasteiger partial charge on any atom is 0.149 e. The molecule has 0 bridgehead atoms. The van der Waals surface area contributed by atoms with Crippen LogP contribution < -0.4 is 0 Å². The second-order valence-electron chi connectivity index (χ2n) is 15.9. The van der Waals surface area contributed by atoms with Crippen LogP contribution in [-0.2, 0) is 16.2 Å². The molecule has 0 radical (unpaired) electrons. The van der Waals surface area contributed by atoms with Gasteiger partial charge in [-0.1, -0.05) is 176 Å². The third-order valence-electron chi connectivity index (χ3n) is 11.3. The number of hydrogen-bond acceptors (Lipinski definition) is 3. The Morgan fingerprint density at radius 1 is 0.477 bits per heavy atom. The molecule has 324 valence electrons. The molecule has 0 aliphatic rings. The van der Waals surface area contributed by atoms with Gasteiger partial charge in [0.15, 0.2) is 0 Å². The lowest BCUT2D eigenvalue weighted by molar-refractivity contribution is 0.446. The largest absolute Gasteiger partial charge is 0.507 e. The molecule has 9 aromatic rings. The number of pyridine rings is 1. The second-order valence-corrected chi connectivity index (χ2v) is 15.9. The maximum atomic E-state index is 13.2. The van der Waals surface area contributed by atoms with Crippen LogP contribution in [0.2, 0.25) is 0 Å². The Morgan fingerprint density at radius 3 is 1.83 bits per heavy atom. The van der Waals surface area contributed by atoms with Gasteiger partial charge >= 0.3 is 0 Å². The van der Waals surface area contributed by atoms with Crippen LogP contribution in [0.25, 0.3) is 83.9 Å². The highest BCUT2D eigenvalue weighted by Gasteiger charge is 2.30. The van der Waals surface area contributed by atoms with Crippen molar-refractivity contribution in [3.63, 3.8) is 0 Å². The van der Waals surface area contributed by atoms with E-state index in [0.29, 0.717) is 45.1 Å². The number of hydrogen-bond donors (Lipinski definition) is 1. The molecule has 1 N–H and O–H groups in total. The summed E-state index contributed by atoms with van der Waals surface area (Å²) in [6, 6.07) is 39.5. The summed E-state index contributed by atoms with van der Waals surface area (Å²) in [5, 5.41) is 13.2. The molecule has 0 fully saturated rings. The normalized spacial score (nSPS) is 21.0. The Bertz CT molecular complexity index is 4220. The lowest BCUT2D eigenvalue weighted by atomic mass is 9.79. The van der Waals surface area contributed by atoms with Crippen molar-refractivity contribution in [1.29, 1.82) is 0 Å². The second kappa shape index (κ2) is 16.5. The number of para-hydroxylation sites is 1. The van der Waals surface area contributed by atoms with Crippen LogP contribution in [-0.4, -0.2) is 19.6 Å². The number of rotatable bonds is 7. The molecule has 4 nitrogen and oxygen atoms in total. The monoisotopic (exact) mass is 880 g/mol. The van der Waals surface area contributed by atoms with Gasteiger partial charge in [0.1, 0.15) is 11.6 Å². The van der Waals surface area contributed by atoms with E-state index in [1.807, 2.05) is 18.2 Å². The van der Waals surface area contributed by atoms with Gasteiger partial charge in [-0.05, 0) is 122 Å². The summed E-state index contributed by atoms with van der Waals surface area (Å²) in [4.78, 5) is 9.77. The van der Waals surface area contributed by atoms with E-state index in [1.165, 1.54) is 54.7 Å². The molecule has 2 aromatic heterocycles. The van der Waals surface area contributed by atoms with Crippen molar-refractivity contribution in [1.82, 2.24) is 14.5 Å². The first-order chi connectivity index (χ1) is 43.4. The standard InChI is InChI=1S/C61H59N3O/c1-39-24-26-41(27-25-39)43-30-31-62-53(35-43)46-33-44(40-18-13-11-14-19-40)32-45(34-46)49-22-17-23-55-56(49)63-58(51-37-48(60(5,6)7)38-52(57(51)65)61(8,9)10)64(55)54-29-28-47(59(2,3)4)36-50(54)42-20-15-12-16-21-42/h11-38,65H,1-10H3/i1D3,2D3,3D3,4D3,5D3,6D3,7D3,8D3,9D3,10D3. The van der Waals surface area contributed by atoms with Crippen molar-refractivity contribution in [3.05, 3.63) is 192 Å². The zero-order valence-electron chi connectivity index (χ0n) is 64.5. The van der Waals surface area contributed by atoms with Crippen LogP contribution in [0.15, 0.2) is 170 Å². The quantitative estimate of drug-likeness (QED) is 0.173. The summed E-state index contributed by atoms with van der Waals surface area (Å²) in [7, 11) is 0. The number of aryl methyl sites for hydroxylation is 1. The Balaban J connectivity index is 1.53. The summed E-state index contributed by atoms with van der Waals surface area (Å²) in [5.41, 5.74) is -13.9. The fourth-order valence-corrected chi connectivity index (χ4v) is 8.04. The van der Waals surface area contributed by atoms with Gasteiger partial charge in [-0.25, -0.2) is 4.98 Å². The summed E-state index contributed by atoms with van der Waals surface area (Å²) in [6.45, 7) is -39.5. The fourth-order valence-electron chi connectivity index (χ4n) is 8.04.